The van der Waals surface area contributed by atoms with Gasteiger partial charge in [-0.05, 0) is 56.0 Å². The summed E-state index contributed by atoms with van der Waals surface area (Å²) >= 11 is 0. The number of fused-ring (bicyclic) bond motifs is 3. The van der Waals surface area contributed by atoms with E-state index in [1.165, 1.54) is 17.3 Å². The molecule has 0 radical (unpaired) electrons. The fourth-order valence-corrected chi connectivity index (χ4v) is 6.81. The van der Waals surface area contributed by atoms with E-state index in [0.717, 1.165) is 6.07 Å². The summed E-state index contributed by atoms with van der Waals surface area (Å²) in [6, 6.07) is 6.28. The Kier molecular flexibility index (Phi) is 6.60. The van der Waals surface area contributed by atoms with Gasteiger partial charge in [-0.1, -0.05) is 0 Å². The van der Waals surface area contributed by atoms with Crippen LogP contribution in [0.5, 0.6) is 0 Å². The van der Waals surface area contributed by atoms with Gasteiger partial charge in [-0.15, -0.1) is 0 Å². The summed E-state index contributed by atoms with van der Waals surface area (Å²) in [5.74, 6) is -5.39. The van der Waals surface area contributed by atoms with E-state index < -0.39 is 40.7 Å². The first kappa shape index (κ1) is 27.6. The number of likely N-dealkylation sites (tertiary alicyclic amines) is 1. The van der Waals surface area contributed by atoms with Crippen molar-refractivity contribution >= 4 is 23.4 Å². The number of amides is 2. The van der Waals surface area contributed by atoms with Crippen LogP contribution in [-0.4, -0.2) is 45.1 Å². The molecule has 3 aliphatic rings. The minimum absolute atomic E-state index is 0.0503. The highest BCUT2D eigenvalue weighted by molar-refractivity contribution is 6.06. The number of aromatic nitrogens is 2. The minimum Gasteiger partial charge on any atom is -0.339 e. The normalized spacial score (nSPS) is 24.4. The predicted molar refractivity (Wildman–Crippen MR) is 144 cm³/mol. The Labute approximate surface area is 239 Å². The summed E-state index contributed by atoms with van der Waals surface area (Å²) in [5, 5.41) is 12.1. The summed E-state index contributed by atoms with van der Waals surface area (Å²) in [6.07, 6.45) is 3.23. The van der Waals surface area contributed by atoms with Gasteiger partial charge in [-0.3, -0.25) is 19.4 Å². The Bertz CT molecular complexity index is 1720. The number of Topliss-reactive ketones (excluding diaryl/α,β-unsaturated/α-hetero) is 1. The molecule has 42 heavy (non-hydrogen) atoms. The summed E-state index contributed by atoms with van der Waals surface area (Å²) in [5.41, 5.74) is 1.43. The zero-order valence-electron chi connectivity index (χ0n) is 22.9. The second-order valence-electron chi connectivity index (χ2n) is 11.3. The van der Waals surface area contributed by atoms with Crippen LogP contribution < -0.4 is 5.32 Å². The average Bonchev–Trinajstić information content (AvgIpc) is 3.48. The topological polar surface area (TPSA) is 116 Å². The van der Waals surface area contributed by atoms with Gasteiger partial charge in [0.2, 0.25) is 11.8 Å². The molecule has 0 unspecified atom stereocenters. The molecular weight excluding hydrogens is 547 g/mol. The van der Waals surface area contributed by atoms with E-state index in [0.29, 0.717) is 34.3 Å². The number of ketones is 1. The van der Waals surface area contributed by atoms with Crippen molar-refractivity contribution in [3.05, 3.63) is 87.6 Å². The lowest BCUT2D eigenvalue weighted by molar-refractivity contribution is -0.142. The number of benzene rings is 1. The molecule has 1 spiro atoms. The third-order valence-electron chi connectivity index (χ3n) is 8.98. The lowest BCUT2D eigenvalue weighted by atomic mass is 9.76. The summed E-state index contributed by atoms with van der Waals surface area (Å²) in [4.78, 5) is 50.1. The summed E-state index contributed by atoms with van der Waals surface area (Å²) in [6.45, 7) is 3.75. The van der Waals surface area contributed by atoms with Crippen molar-refractivity contribution in [2.45, 2.75) is 56.9 Å². The van der Waals surface area contributed by atoms with Crippen LogP contribution in [0.25, 0.3) is 0 Å². The highest BCUT2D eigenvalue weighted by Crippen LogP contribution is 2.46. The highest BCUT2D eigenvalue weighted by atomic mass is 19.2. The number of likely N-dealkylation sites (N-methyl/N-ethyl adjacent to an activating group) is 1. The van der Waals surface area contributed by atoms with Crippen LogP contribution in [-0.2, 0) is 27.8 Å². The van der Waals surface area contributed by atoms with E-state index >= 15 is 0 Å². The van der Waals surface area contributed by atoms with Gasteiger partial charge in [0.05, 0.1) is 11.0 Å². The molecule has 2 amide bonds. The van der Waals surface area contributed by atoms with Crippen molar-refractivity contribution in [1.29, 1.82) is 5.26 Å². The van der Waals surface area contributed by atoms with Crippen molar-refractivity contribution in [1.82, 2.24) is 14.9 Å². The van der Waals surface area contributed by atoms with E-state index in [1.807, 2.05) is 6.07 Å². The molecule has 1 saturated heterocycles. The van der Waals surface area contributed by atoms with Crippen molar-refractivity contribution < 1.29 is 27.6 Å². The maximum absolute atomic E-state index is 14.8. The van der Waals surface area contributed by atoms with E-state index in [-0.39, 0.29) is 61.0 Å². The number of halogens is 3. The van der Waals surface area contributed by atoms with E-state index in [2.05, 4.69) is 15.3 Å². The molecule has 2 aromatic heterocycles. The van der Waals surface area contributed by atoms with Crippen molar-refractivity contribution in [2.75, 3.05) is 11.9 Å². The molecule has 0 bridgehead atoms. The third-order valence-corrected chi connectivity index (χ3v) is 8.98. The van der Waals surface area contributed by atoms with Crippen LogP contribution in [0.4, 0.5) is 19.0 Å². The van der Waals surface area contributed by atoms with Crippen LogP contribution in [0, 0.1) is 34.7 Å². The van der Waals surface area contributed by atoms with Gasteiger partial charge in [0.15, 0.2) is 17.4 Å². The van der Waals surface area contributed by atoms with E-state index in [4.69, 9.17) is 0 Å². The standard InChI is InChI=1S/C31H26F3N5O3/c1-3-39-15(2)21(22-8-20(32)9-24(33)27(22)34)6-17(29(39)41)7-26(40)19-5-18-10-31(11-25(18)36-14-19)23-4-16(12-35)13-37-28(23)38-30(31)42/h4-5,8-9,13-15,17,21H,3,6-7,10-11H2,1-2H3,(H,37,38,42)/t15-,17-,21-,31+/m1/s1. The van der Waals surface area contributed by atoms with Crippen LogP contribution in [0.2, 0.25) is 0 Å². The van der Waals surface area contributed by atoms with Crippen LogP contribution in [0.15, 0.2) is 36.7 Å². The van der Waals surface area contributed by atoms with Gasteiger partial charge >= 0.3 is 0 Å². The summed E-state index contributed by atoms with van der Waals surface area (Å²) in [7, 11) is 0. The van der Waals surface area contributed by atoms with Gasteiger partial charge < -0.3 is 10.2 Å². The molecule has 1 fully saturated rings. The molecule has 6 rings (SSSR count). The predicted octanol–water partition coefficient (Wildman–Crippen LogP) is 4.37. The highest BCUT2D eigenvalue weighted by Gasteiger charge is 2.52. The second-order valence-corrected chi connectivity index (χ2v) is 11.3. The molecule has 1 N–H and O–H groups in total. The van der Waals surface area contributed by atoms with E-state index in [9.17, 15) is 32.8 Å². The molecule has 8 nitrogen and oxygen atoms in total. The number of hydrogen-bond donors (Lipinski definition) is 1. The second kappa shape index (κ2) is 10.0. The molecule has 0 saturated carbocycles. The molecule has 11 heteroatoms. The Morgan fingerprint density at radius 1 is 1.14 bits per heavy atom. The maximum Gasteiger partial charge on any atom is 0.237 e. The number of nitrogens with one attached hydrogen (secondary N) is 1. The van der Waals surface area contributed by atoms with Gasteiger partial charge in [0.1, 0.15) is 17.7 Å². The number of hydrogen-bond acceptors (Lipinski definition) is 6. The average molecular weight is 574 g/mol. The van der Waals surface area contributed by atoms with Gasteiger partial charge in [0, 0.05) is 72.5 Å². The molecule has 4 atom stereocenters. The first-order chi connectivity index (χ1) is 20.1. The van der Waals surface area contributed by atoms with Crippen molar-refractivity contribution in [2.24, 2.45) is 5.92 Å². The van der Waals surface area contributed by atoms with Gasteiger partial charge in [-0.2, -0.15) is 5.26 Å². The Balaban J connectivity index is 1.26. The Morgan fingerprint density at radius 2 is 1.93 bits per heavy atom. The number of rotatable bonds is 5. The number of nitrogens with zero attached hydrogens (tertiary/aromatic N) is 4. The smallest absolute Gasteiger partial charge is 0.237 e. The molecular formula is C31H26F3N5O3. The van der Waals surface area contributed by atoms with Gasteiger partial charge in [-0.25, -0.2) is 18.2 Å². The number of nitriles is 1. The minimum atomic E-state index is -1.30. The van der Waals surface area contributed by atoms with Crippen molar-refractivity contribution in [3.8, 4) is 6.07 Å². The zero-order chi connectivity index (χ0) is 29.9. The molecule has 4 heterocycles. The number of carbonyl (C=O) groups is 3. The fourth-order valence-electron chi connectivity index (χ4n) is 6.81. The molecule has 2 aliphatic heterocycles. The van der Waals surface area contributed by atoms with E-state index in [1.54, 1.807) is 26.0 Å². The molecule has 1 aliphatic carbocycles. The lowest BCUT2D eigenvalue weighted by Crippen LogP contribution is -2.50. The lowest BCUT2D eigenvalue weighted by Gasteiger charge is -2.42. The Morgan fingerprint density at radius 3 is 2.67 bits per heavy atom. The number of piperidine rings is 1. The fraction of sp³-hybridized carbons (Fsp3) is 0.355. The van der Waals surface area contributed by atoms with Crippen LogP contribution in [0.3, 0.4) is 0 Å². The monoisotopic (exact) mass is 573 g/mol. The largest absolute Gasteiger partial charge is 0.339 e. The van der Waals surface area contributed by atoms with Crippen LogP contribution in [0.1, 0.15) is 70.9 Å². The quantitative estimate of drug-likeness (QED) is 0.358. The zero-order valence-corrected chi connectivity index (χ0v) is 22.9. The third kappa shape index (κ3) is 4.24. The summed E-state index contributed by atoms with van der Waals surface area (Å²) < 4.78 is 42.9. The maximum atomic E-state index is 14.8. The van der Waals surface area contributed by atoms with Gasteiger partial charge in [0.25, 0.3) is 0 Å². The first-order valence-electron chi connectivity index (χ1n) is 13.7. The van der Waals surface area contributed by atoms with Crippen molar-refractivity contribution in [3.63, 3.8) is 0 Å². The van der Waals surface area contributed by atoms with Crippen LogP contribution >= 0.6 is 0 Å². The Hall–Kier alpha value is -4.59. The number of pyridine rings is 2. The molecule has 214 valence electrons. The number of anilines is 1. The first-order valence-corrected chi connectivity index (χ1v) is 13.7. The number of carbonyl (C=O) groups excluding carboxylic acids is 3. The SMILES string of the molecule is CCN1C(=O)[C@@H](CC(=O)c2cnc3c(c2)C[C@@]2(C3)C(=O)Nc3ncc(C#N)cc32)C[C@@H](c2cc(F)cc(F)c2F)[C@H]1C. The molecule has 3 aromatic rings. The molecule has 1 aromatic carbocycles.